The highest BCUT2D eigenvalue weighted by atomic mass is 15.0. The van der Waals surface area contributed by atoms with E-state index in [0.29, 0.717) is 5.82 Å². The molecule has 596 valence electrons. The van der Waals surface area contributed by atoms with E-state index in [1.165, 1.54) is 138 Å². The van der Waals surface area contributed by atoms with E-state index in [1.54, 1.807) is 0 Å². The van der Waals surface area contributed by atoms with Crippen molar-refractivity contribution in [2.45, 2.75) is 19.3 Å². The molecule has 0 atom stereocenters. The lowest BCUT2D eigenvalue weighted by atomic mass is 9.81. The normalized spacial score (nSPS) is 12.2. The predicted octanol–water partition coefficient (Wildman–Crippen LogP) is 30.7. The van der Waals surface area contributed by atoms with Crippen molar-refractivity contribution < 1.29 is 0 Å². The number of para-hydroxylation sites is 6. The summed E-state index contributed by atoms with van der Waals surface area (Å²) in [7, 11) is 0. The van der Waals surface area contributed by atoms with Crippen molar-refractivity contribution in [2.24, 2.45) is 0 Å². The fourth-order valence-corrected chi connectivity index (χ4v) is 19.7. The molecule has 0 saturated carbocycles. The molecule has 0 N–H and O–H groups in total. The number of aromatic nitrogens is 8. The van der Waals surface area contributed by atoms with Crippen LogP contribution >= 0.6 is 0 Å². The van der Waals surface area contributed by atoms with Gasteiger partial charge in [-0.1, -0.05) is 311 Å². The molecular weight excluding hydrogens is 1540 g/mol. The van der Waals surface area contributed by atoms with Gasteiger partial charge >= 0.3 is 0 Å². The Morgan fingerprint density at radius 3 is 0.787 bits per heavy atom. The van der Waals surface area contributed by atoms with Crippen LogP contribution in [-0.4, -0.2) is 38.2 Å². The summed E-state index contributed by atoms with van der Waals surface area (Å²) < 4.78 is 9.56. The summed E-state index contributed by atoms with van der Waals surface area (Å²) in [6.45, 7) is 4.71. The maximum Gasteiger partial charge on any atom is 0.160 e. The lowest BCUT2D eigenvalue weighted by molar-refractivity contribution is 0.660. The molecule has 1 aliphatic rings. The SMILES string of the molecule is CC1(C)c2cc(-c3nc(-c4ccccc4)cc(-c4ccccc4)n3)ccc2-c2ccc(-n3c4ccccc4c4cc(-c5ccc6c(c5)c5ccccc5n6-c5ccccc5)ccc43)cc21.c1ccc(-c2ccc(-c3cc(-c4ccccc4)nc(-c4ccc(-n5c6ccccc6c6cc(-c7ccc8c(c7)c7ccccc7n8-c7ccccc7)ccc65)cc4)n3)cc2)cc1. The topological polar surface area (TPSA) is 71.3 Å². The van der Waals surface area contributed by atoms with Gasteiger partial charge in [-0.05, 0) is 207 Å². The Labute approximate surface area is 734 Å². The average molecular weight is 1620 g/mol. The van der Waals surface area contributed by atoms with Gasteiger partial charge in [-0.25, -0.2) is 19.9 Å². The molecule has 0 saturated heterocycles. The molecule has 6 heterocycles. The number of hydrogen-bond acceptors (Lipinski definition) is 4. The van der Waals surface area contributed by atoms with Crippen LogP contribution in [0, 0.1) is 0 Å². The van der Waals surface area contributed by atoms with Crippen molar-refractivity contribution in [2.75, 3.05) is 0 Å². The second-order valence-electron chi connectivity index (χ2n) is 33.6. The molecule has 8 heteroatoms. The van der Waals surface area contributed by atoms with E-state index in [9.17, 15) is 0 Å². The molecule has 0 unspecified atom stereocenters. The second-order valence-corrected chi connectivity index (χ2v) is 33.6. The molecule has 127 heavy (non-hydrogen) atoms. The van der Waals surface area contributed by atoms with Crippen LogP contribution < -0.4 is 0 Å². The summed E-state index contributed by atoms with van der Waals surface area (Å²) in [5.41, 5.74) is 36.0. The molecule has 18 aromatic carbocycles. The van der Waals surface area contributed by atoms with Gasteiger partial charge in [0.05, 0.1) is 66.9 Å². The molecule has 6 aromatic heterocycles. The summed E-state index contributed by atoms with van der Waals surface area (Å²) in [4.78, 5) is 20.6. The Hall–Kier alpha value is -16.7. The van der Waals surface area contributed by atoms with E-state index in [1.807, 2.05) is 24.3 Å². The number of benzene rings is 18. The van der Waals surface area contributed by atoms with Crippen molar-refractivity contribution in [3.05, 3.63) is 460 Å². The number of rotatable bonds is 13. The van der Waals surface area contributed by atoms with Crippen LogP contribution in [-0.2, 0) is 5.41 Å². The van der Waals surface area contributed by atoms with Gasteiger partial charge in [0.2, 0.25) is 0 Å². The molecule has 1 aliphatic carbocycles. The van der Waals surface area contributed by atoms with E-state index in [4.69, 9.17) is 19.9 Å². The third-order valence-electron chi connectivity index (χ3n) is 25.9. The maximum absolute atomic E-state index is 5.18. The fraction of sp³-hybridized carbons (Fsp3) is 0.0252. The molecular formula is C119H80N8. The Morgan fingerprint density at radius 1 is 0.165 bits per heavy atom. The highest BCUT2D eigenvalue weighted by Gasteiger charge is 2.37. The number of nitrogens with zero attached hydrogens (tertiary/aromatic N) is 8. The Bertz CT molecular complexity index is 8360. The van der Waals surface area contributed by atoms with Crippen LogP contribution in [0.1, 0.15) is 25.0 Å². The van der Waals surface area contributed by atoms with E-state index < -0.39 is 0 Å². The molecule has 0 spiro atoms. The molecule has 25 rings (SSSR count). The van der Waals surface area contributed by atoms with Gasteiger partial charge < -0.3 is 18.3 Å². The van der Waals surface area contributed by atoms with Gasteiger partial charge in [0.25, 0.3) is 0 Å². The minimum Gasteiger partial charge on any atom is -0.309 e. The monoisotopic (exact) mass is 1620 g/mol. The first-order chi connectivity index (χ1) is 62.7. The summed E-state index contributed by atoms with van der Waals surface area (Å²) in [5.74, 6) is 1.42. The minimum absolute atomic E-state index is 0.260. The second kappa shape index (κ2) is 30.4. The van der Waals surface area contributed by atoms with Crippen LogP contribution in [0.25, 0.3) is 222 Å². The first-order valence-corrected chi connectivity index (χ1v) is 43.5. The lowest BCUT2D eigenvalue weighted by Crippen LogP contribution is -2.15. The zero-order valence-corrected chi connectivity index (χ0v) is 69.8. The maximum atomic E-state index is 5.18. The van der Waals surface area contributed by atoms with Crippen LogP contribution in [0.5, 0.6) is 0 Å². The van der Waals surface area contributed by atoms with E-state index in [0.717, 1.165) is 90.1 Å². The van der Waals surface area contributed by atoms with Gasteiger partial charge in [0, 0.05) is 105 Å². The van der Waals surface area contributed by atoms with Crippen LogP contribution in [0.3, 0.4) is 0 Å². The van der Waals surface area contributed by atoms with Gasteiger partial charge in [0.15, 0.2) is 11.6 Å². The summed E-state index contributed by atoms with van der Waals surface area (Å²) in [6.07, 6.45) is 0. The quantitative estimate of drug-likeness (QED) is 0.115. The van der Waals surface area contributed by atoms with Crippen LogP contribution in [0.2, 0.25) is 0 Å². The summed E-state index contributed by atoms with van der Waals surface area (Å²) >= 11 is 0. The highest BCUT2D eigenvalue weighted by molar-refractivity contribution is 6.15. The molecule has 0 aliphatic heterocycles. The largest absolute Gasteiger partial charge is 0.309 e. The fourth-order valence-electron chi connectivity index (χ4n) is 19.7. The number of fused-ring (bicyclic) bond motifs is 15. The average Bonchev–Trinajstić information content (AvgIpc) is 1.56. The molecule has 0 radical (unpaired) electrons. The van der Waals surface area contributed by atoms with Crippen LogP contribution in [0.15, 0.2) is 449 Å². The van der Waals surface area contributed by atoms with Crippen LogP contribution in [0.4, 0.5) is 0 Å². The smallest absolute Gasteiger partial charge is 0.160 e. The predicted molar refractivity (Wildman–Crippen MR) is 528 cm³/mol. The van der Waals surface area contributed by atoms with Gasteiger partial charge in [-0.2, -0.15) is 0 Å². The van der Waals surface area contributed by atoms with E-state index >= 15 is 0 Å². The van der Waals surface area contributed by atoms with Gasteiger partial charge in [0.1, 0.15) is 0 Å². The van der Waals surface area contributed by atoms with Gasteiger partial charge in [-0.15, -0.1) is 0 Å². The molecule has 0 amide bonds. The van der Waals surface area contributed by atoms with Crippen molar-refractivity contribution in [3.63, 3.8) is 0 Å². The molecule has 24 aromatic rings. The molecule has 0 bridgehead atoms. The summed E-state index contributed by atoms with van der Waals surface area (Å²) in [5, 5.41) is 9.93. The zero-order valence-electron chi connectivity index (χ0n) is 69.8. The summed E-state index contributed by atoms with van der Waals surface area (Å²) in [6, 6.07) is 161. The van der Waals surface area contributed by atoms with Crippen molar-refractivity contribution in [3.8, 4) is 135 Å². The Morgan fingerprint density at radius 2 is 0.409 bits per heavy atom. The van der Waals surface area contributed by atoms with E-state index in [2.05, 4.69) is 457 Å². The molecule has 8 nitrogen and oxygen atoms in total. The number of hydrogen-bond donors (Lipinski definition) is 0. The van der Waals surface area contributed by atoms with Crippen molar-refractivity contribution in [1.29, 1.82) is 0 Å². The van der Waals surface area contributed by atoms with Crippen molar-refractivity contribution >= 4 is 87.2 Å². The first-order valence-electron chi connectivity index (χ1n) is 43.5. The highest BCUT2D eigenvalue weighted by Crippen LogP contribution is 2.52. The minimum atomic E-state index is -0.260. The Kier molecular flexibility index (Phi) is 17.8. The zero-order chi connectivity index (χ0) is 84.2. The van der Waals surface area contributed by atoms with E-state index in [-0.39, 0.29) is 5.41 Å². The lowest BCUT2D eigenvalue weighted by Gasteiger charge is -2.23. The standard InChI is InChI=1S/C61H42N4.C58H38N4/c1-61(2)52-36-43(60-62-54(39-16-6-3-7-17-39)38-55(63-60)40-18-8-4-9-19-40)26-30-46(52)47-31-29-45(37-53(47)61)65-57-25-15-13-23-49(57)51-35-42(28-33-59(51)65)41-27-32-58-50(34-41)48-22-12-14-24-56(48)64(58)44-20-10-5-11-21-44;1-4-14-39(15-5-1)40-24-26-42(27-25-40)53-38-52(41-16-6-2-7-17-41)59-58(60-53)43-28-32-47(33-29-43)62-55-23-13-11-21-49(55)51-37-45(31-35-57(51)62)44-30-34-56-50(36-44)48-20-10-12-22-54(48)61(56)46-18-8-3-9-19-46/h3-38H,1-2H3;1-38H. The van der Waals surface area contributed by atoms with Gasteiger partial charge in [-0.3, -0.25) is 0 Å². The third-order valence-corrected chi connectivity index (χ3v) is 25.9. The Balaban J connectivity index is 0.000000142. The molecule has 0 fully saturated rings. The first kappa shape index (κ1) is 74.2. The third kappa shape index (κ3) is 12.8. The van der Waals surface area contributed by atoms with Crippen molar-refractivity contribution in [1.82, 2.24) is 38.2 Å².